The SMILES string of the molecule is CCC(C)C(=O)NC(C(=O)N1CCCC1c1cc(-c2ccccc2C)ncn1)C1CCCCC1. The Bertz CT molecular complexity index is 1000. The second-order valence-electron chi connectivity index (χ2n) is 10.0. The number of benzene rings is 1. The minimum Gasteiger partial charge on any atom is -0.344 e. The fourth-order valence-corrected chi connectivity index (χ4v) is 5.41. The van der Waals surface area contributed by atoms with E-state index in [4.69, 9.17) is 0 Å². The minimum absolute atomic E-state index is 0.00829. The van der Waals surface area contributed by atoms with Gasteiger partial charge >= 0.3 is 0 Å². The molecule has 2 aromatic rings. The molecule has 1 aromatic heterocycles. The highest BCUT2D eigenvalue weighted by Gasteiger charge is 2.39. The Hall–Kier alpha value is -2.76. The Balaban J connectivity index is 1.59. The van der Waals surface area contributed by atoms with Gasteiger partial charge in [0.15, 0.2) is 0 Å². The van der Waals surface area contributed by atoms with Crippen LogP contribution >= 0.6 is 0 Å². The largest absolute Gasteiger partial charge is 0.344 e. The third-order valence-corrected chi connectivity index (χ3v) is 7.73. The summed E-state index contributed by atoms with van der Waals surface area (Å²) < 4.78 is 0. The normalized spacial score (nSPS) is 20.7. The van der Waals surface area contributed by atoms with E-state index in [9.17, 15) is 9.59 Å². The molecular weight excluding hydrogens is 424 g/mol. The van der Waals surface area contributed by atoms with Gasteiger partial charge in [-0.2, -0.15) is 0 Å². The molecule has 2 heterocycles. The van der Waals surface area contributed by atoms with Gasteiger partial charge in [0, 0.05) is 18.0 Å². The molecule has 6 heteroatoms. The summed E-state index contributed by atoms with van der Waals surface area (Å²) in [5, 5.41) is 3.17. The molecule has 6 nitrogen and oxygen atoms in total. The molecule has 2 aliphatic rings. The van der Waals surface area contributed by atoms with E-state index >= 15 is 0 Å². The first kappa shape index (κ1) is 24.4. The maximum absolute atomic E-state index is 14.0. The zero-order valence-electron chi connectivity index (χ0n) is 20.8. The van der Waals surface area contributed by atoms with Crippen molar-refractivity contribution < 1.29 is 9.59 Å². The molecule has 1 N–H and O–H groups in total. The number of likely N-dealkylation sites (tertiary alicyclic amines) is 1. The molecule has 1 saturated carbocycles. The van der Waals surface area contributed by atoms with Gasteiger partial charge in [-0.3, -0.25) is 9.59 Å². The zero-order valence-corrected chi connectivity index (χ0v) is 20.8. The second-order valence-corrected chi connectivity index (χ2v) is 10.0. The van der Waals surface area contributed by atoms with E-state index in [1.807, 2.05) is 36.9 Å². The summed E-state index contributed by atoms with van der Waals surface area (Å²) in [4.78, 5) is 37.9. The van der Waals surface area contributed by atoms with Gasteiger partial charge in [-0.25, -0.2) is 9.97 Å². The highest BCUT2D eigenvalue weighted by Crippen LogP contribution is 2.35. The van der Waals surface area contributed by atoms with Crippen molar-refractivity contribution in [2.24, 2.45) is 11.8 Å². The summed E-state index contributed by atoms with van der Waals surface area (Å²) in [6.45, 7) is 6.73. The molecule has 182 valence electrons. The van der Waals surface area contributed by atoms with Crippen LogP contribution in [0.3, 0.4) is 0 Å². The van der Waals surface area contributed by atoms with Crippen molar-refractivity contribution in [1.29, 1.82) is 0 Å². The molecule has 3 atom stereocenters. The van der Waals surface area contributed by atoms with Crippen molar-refractivity contribution in [2.75, 3.05) is 6.54 Å². The van der Waals surface area contributed by atoms with E-state index in [0.29, 0.717) is 6.54 Å². The van der Waals surface area contributed by atoms with Crippen LogP contribution in [0.2, 0.25) is 0 Å². The van der Waals surface area contributed by atoms with Crippen LogP contribution in [0.15, 0.2) is 36.7 Å². The van der Waals surface area contributed by atoms with E-state index in [2.05, 4.69) is 34.3 Å². The van der Waals surface area contributed by atoms with E-state index in [1.54, 1.807) is 6.33 Å². The van der Waals surface area contributed by atoms with Gasteiger partial charge in [0.1, 0.15) is 12.4 Å². The number of aromatic nitrogens is 2. The molecule has 1 aliphatic carbocycles. The maximum atomic E-state index is 14.0. The lowest BCUT2D eigenvalue weighted by molar-refractivity contribution is -0.140. The van der Waals surface area contributed by atoms with Crippen molar-refractivity contribution in [3.05, 3.63) is 47.9 Å². The molecule has 0 bridgehead atoms. The molecule has 3 unspecified atom stereocenters. The van der Waals surface area contributed by atoms with Gasteiger partial charge in [-0.05, 0) is 56.6 Å². The van der Waals surface area contributed by atoms with Crippen molar-refractivity contribution in [3.8, 4) is 11.3 Å². The quantitative estimate of drug-likeness (QED) is 0.612. The minimum atomic E-state index is -0.444. The van der Waals surface area contributed by atoms with Gasteiger partial charge in [-0.1, -0.05) is 57.4 Å². The summed E-state index contributed by atoms with van der Waals surface area (Å²) >= 11 is 0. The Kier molecular flexibility index (Phi) is 7.96. The van der Waals surface area contributed by atoms with Crippen molar-refractivity contribution >= 4 is 11.8 Å². The Morgan fingerprint density at radius 1 is 1.09 bits per heavy atom. The summed E-state index contributed by atoms with van der Waals surface area (Å²) in [6.07, 6.45) is 9.68. The first-order valence-corrected chi connectivity index (χ1v) is 13.0. The third-order valence-electron chi connectivity index (χ3n) is 7.73. The van der Waals surface area contributed by atoms with E-state index in [-0.39, 0.29) is 29.7 Å². The molecule has 1 aromatic carbocycles. The molecule has 34 heavy (non-hydrogen) atoms. The summed E-state index contributed by atoms with van der Waals surface area (Å²) in [5.41, 5.74) is 4.02. The number of hydrogen-bond acceptors (Lipinski definition) is 4. The second kappa shape index (κ2) is 11.1. The van der Waals surface area contributed by atoms with Gasteiger partial charge in [0.05, 0.1) is 17.4 Å². The van der Waals surface area contributed by atoms with E-state index < -0.39 is 6.04 Å². The number of carbonyl (C=O) groups excluding carboxylic acids is 2. The number of aryl methyl sites for hydroxylation is 1. The van der Waals surface area contributed by atoms with E-state index in [0.717, 1.165) is 67.5 Å². The van der Waals surface area contributed by atoms with Crippen LogP contribution in [0, 0.1) is 18.8 Å². The van der Waals surface area contributed by atoms with Crippen LogP contribution in [0.25, 0.3) is 11.3 Å². The van der Waals surface area contributed by atoms with Gasteiger partial charge in [0.2, 0.25) is 11.8 Å². The van der Waals surface area contributed by atoms with Crippen LogP contribution in [0.1, 0.15) is 82.5 Å². The van der Waals surface area contributed by atoms with E-state index in [1.165, 1.54) is 6.42 Å². The number of carbonyl (C=O) groups is 2. The molecule has 1 aliphatic heterocycles. The fourth-order valence-electron chi connectivity index (χ4n) is 5.41. The Labute approximate surface area is 203 Å². The Morgan fingerprint density at radius 2 is 1.85 bits per heavy atom. The van der Waals surface area contributed by atoms with Crippen molar-refractivity contribution in [1.82, 2.24) is 20.2 Å². The number of rotatable bonds is 7. The predicted octanol–water partition coefficient (Wildman–Crippen LogP) is 5.23. The van der Waals surface area contributed by atoms with Crippen LogP contribution in [-0.4, -0.2) is 39.3 Å². The summed E-state index contributed by atoms with van der Waals surface area (Å²) in [6, 6.07) is 9.71. The standard InChI is InChI=1S/C28H38N4O2/c1-4-19(2)27(33)31-26(21-12-6-5-7-13-21)28(34)32-16-10-15-25(32)24-17-23(29-18-30-24)22-14-9-8-11-20(22)3/h8-9,11,14,17-19,21,25-26H,4-7,10,12-13,15-16H2,1-3H3,(H,31,33). The van der Waals surface area contributed by atoms with Crippen LogP contribution in [0.5, 0.6) is 0 Å². The lowest BCUT2D eigenvalue weighted by Gasteiger charge is -2.35. The lowest BCUT2D eigenvalue weighted by Crippen LogP contribution is -2.53. The van der Waals surface area contributed by atoms with Gasteiger partial charge < -0.3 is 10.2 Å². The highest BCUT2D eigenvalue weighted by molar-refractivity contribution is 5.89. The van der Waals surface area contributed by atoms with Crippen LogP contribution in [-0.2, 0) is 9.59 Å². The van der Waals surface area contributed by atoms with Crippen molar-refractivity contribution in [2.45, 2.75) is 84.2 Å². The number of nitrogens with zero attached hydrogens (tertiary/aromatic N) is 3. The lowest BCUT2D eigenvalue weighted by atomic mass is 9.83. The maximum Gasteiger partial charge on any atom is 0.246 e. The van der Waals surface area contributed by atoms with Gasteiger partial charge in [-0.15, -0.1) is 0 Å². The number of amides is 2. The average Bonchev–Trinajstić information content (AvgIpc) is 3.37. The molecule has 0 spiro atoms. The smallest absolute Gasteiger partial charge is 0.246 e. The average molecular weight is 463 g/mol. The number of hydrogen-bond donors (Lipinski definition) is 1. The molecule has 2 amide bonds. The van der Waals surface area contributed by atoms with Crippen molar-refractivity contribution in [3.63, 3.8) is 0 Å². The first-order valence-electron chi connectivity index (χ1n) is 13.0. The van der Waals surface area contributed by atoms with Gasteiger partial charge in [0.25, 0.3) is 0 Å². The summed E-state index contributed by atoms with van der Waals surface area (Å²) in [7, 11) is 0. The third kappa shape index (κ3) is 5.31. The molecule has 2 fully saturated rings. The topological polar surface area (TPSA) is 75.2 Å². The molecule has 0 radical (unpaired) electrons. The molecular formula is C28H38N4O2. The van der Waals surface area contributed by atoms with Crippen LogP contribution < -0.4 is 5.32 Å². The monoisotopic (exact) mass is 462 g/mol. The molecule has 1 saturated heterocycles. The number of nitrogens with one attached hydrogen (secondary N) is 1. The zero-order chi connectivity index (χ0) is 24.1. The predicted molar refractivity (Wildman–Crippen MR) is 134 cm³/mol. The summed E-state index contributed by atoms with van der Waals surface area (Å²) in [5.74, 6) is 0.170. The fraction of sp³-hybridized carbons (Fsp3) is 0.571. The Morgan fingerprint density at radius 3 is 2.59 bits per heavy atom. The molecule has 4 rings (SSSR count). The highest BCUT2D eigenvalue weighted by atomic mass is 16.2. The van der Waals surface area contributed by atoms with Crippen LogP contribution in [0.4, 0.5) is 0 Å². The first-order chi connectivity index (χ1) is 16.5.